The van der Waals surface area contributed by atoms with E-state index < -0.39 is 0 Å². The van der Waals surface area contributed by atoms with E-state index in [1.54, 1.807) is 0 Å². The molecule has 118 valence electrons. The number of hydrogen-bond acceptors (Lipinski definition) is 2. The lowest BCUT2D eigenvalue weighted by Gasteiger charge is -2.16. The SMILES string of the molecule is Cc1ccc(C(CN)CCOc2cccc(C(C)C)c2)cc1. The maximum Gasteiger partial charge on any atom is 0.119 e. The van der Waals surface area contributed by atoms with Crippen LogP contribution in [0.25, 0.3) is 0 Å². The molecule has 0 amide bonds. The van der Waals surface area contributed by atoms with Crippen LogP contribution in [0.15, 0.2) is 48.5 Å². The molecule has 0 aromatic heterocycles. The van der Waals surface area contributed by atoms with Gasteiger partial charge in [-0.15, -0.1) is 0 Å². The van der Waals surface area contributed by atoms with Crippen LogP contribution in [0.5, 0.6) is 5.75 Å². The minimum atomic E-state index is 0.355. The molecular weight excluding hydrogens is 270 g/mol. The first-order chi connectivity index (χ1) is 10.6. The second-order valence-corrected chi connectivity index (χ2v) is 6.21. The van der Waals surface area contributed by atoms with Crippen LogP contribution in [0.2, 0.25) is 0 Å². The normalized spacial score (nSPS) is 12.4. The van der Waals surface area contributed by atoms with Crippen LogP contribution >= 0.6 is 0 Å². The molecule has 0 aliphatic rings. The van der Waals surface area contributed by atoms with Crippen molar-refractivity contribution in [1.29, 1.82) is 0 Å². The molecule has 0 saturated carbocycles. The fourth-order valence-electron chi connectivity index (χ4n) is 2.54. The van der Waals surface area contributed by atoms with Gasteiger partial charge in [0.25, 0.3) is 0 Å². The molecule has 22 heavy (non-hydrogen) atoms. The summed E-state index contributed by atoms with van der Waals surface area (Å²) in [5.74, 6) is 1.83. The Kier molecular flexibility index (Phi) is 6.02. The lowest BCUT2D eigenvalue weighted by molar-refractivity contribution is 0.298. The van der Waals surface area contributed by atoms with Gasteiger partial charge in [-0.25, -0.2) is 0 Å². The van der Waals surface area contributed by atoms with E-state index in [2.05, 4.69) is 63.2 Å². The fourth-order valence-corrected chi connectivity index (χ4v) is 2.54. The molecule has 0 radical (unpaired) electrons. The summed E-state index contributed by atoms with van der Waals surface area (Å²) in [7, 11) is 0. The lowest BCUT2D eigenvalue weighted by atomic mass is 9.95. The van der Waals surface area contributed by atoms with Crippen LogP contribution in [0, 0.1) is 6.92 Å². The predicted octanol–water partition coefficient (Wildman–Crippen LogP) is 4.63. The topological polar surface area (TPSA) is 35.2 Å². The van der Waals surface area contributed by atoms with E-state index in [0.717, 1.165) is 12.2 Å². The van der Waals surface area contributed by atoms with Crippen LogP contribution in [0.3, 0.4) is 0 Å². The van der Waals surface area contributed by atoms with E-state index in [4.69, 9.17) is 10.5 Å². The van der Waals surface area contributed by atoms with Gasteiger partial charge < -0.3 is 10.5 Å². The van der Waals surface area contributed by atoms with Gasteiger partial charge >= 0.3 is 0 Å². The first kappa shape index (κ1) is 16.6. The summed E-state index contributed by atoms with van der Waals surface area (Å²) < 4.78 is 5.92. The van der Waals surface area contributed by atoms with Crippen molar-refractivity contribution >= 4 is 0 Å². The number of benzene rings is 2. The molecule has 2 rings (SSSR count). The van der Waals surface area contributed by atoms with E-state index in [0.29, 0.717) is 25.0 Å². The maximum absolute atomic E-state index is 5.93. The molecule has 0 aliphatic heterocycles. The lowest BCUT2D eigenvalue weighted by Crippen LogP contribution is -2.15. The van der Waals surface area contributed by atoms with Gasteiger partial charge in [-0.1, -0.05) is 55.8 Å². The Labute approximate surface area is 134 Å². The highest BCUT2D eigenvalue weighted by Gasteiger charge is 2.10. The molecule has 2 N–H and O–H groups in total. The third-order valence-electron chi connectivity index (χ3n) is 4.09. The highest BCUT2D eigenvalue weighted by atomic mass is 16.5. The molecule has 0 saturated heterocycles. The van der Waals surface area contributed by atoms with Crippen molar-refractivity contribution in [2.24, 2.45) is 5.73 Å². The molecule has 2 nitrogen and oxygen atoms in total. The summed E-state index contributed by atoms with van der Waals surface area (Å²) in [6.45, 7) is 7.84. The van der Waals surface area contributed by atoms with Gasteiger partial charge in [-0.2, -0.15) is 0 Å². The smallest absolute Gasteiger partial charge is 0.119 e. The molecule has 0 aliphatic carbocycles. The van der Waals surface area contributed by atoms with Crippen molar-refractivity contribution in [1.82, 2.24) is 0 Å². The van der Waals surface area contributed by atoms with E-state index in [-0.39, 0.29) is 0 Å². The van der Waals surface area contributed by atoms with Crippen LogP contribution in [0.4, 0.5) is 0 Å². The van der Waals surface area contributed by atoms with Crippen LogP contribution in [0.1, 0.15) is 48.8 Å². The van der Waals surface area contributed by atoms with E-state index in [1.807, 2.05) is 6.07 Å². The Balaban J connectivity index is 1.91. The molecule has 0 heterocycles. The van der Waals surface area contributed by atoms with Crippen molar-refractivity contribution in [3.8, 4) is 5.75 Å². The van der Waals surface area contributed by atoms with E-state index in [9.17, 15) is 0 Å². The average molecular weight is 297 g/mol. The zero-order valence-corrected chi connectivity index (χ0v) is 13.9. The Hall–Kier alpha value is -1.80. The van der Waals surface area contributed by atoms with Gasteiger partial charge in [0.15, 0.2) is 0 Å². The van der Waals surface area contributed by atoms with Crippen LogP contribution < -0.4 is 10.5 Å². The fraction of sp³-hybridized carbons (Fsp3) is 0.400. The van der Waals surface area contributed by atoms with Crippen molar-refractivity contribution < 1.29 is 4.74 Å². The van der Waals surface area contributed by atoms with Gasteiger partial charge in [0.1, 0.15) is 5.75 Å². The van der Waals surface area contributed by atoms with Crippen molar-refractivity contribution in [2.75, 3.05) is 13.2 Å². The van der Waals surface area contributed by atoms with Gasteiger partial charge in [0.2, 0.25) is 0 Å². The Bertz CT molecular complexity index is 575. The third-order valence-corrected chi connectivity index (χ3v) is 4.09. The van der Waals surface area contributed by atoms with Gasteiger partial charge in [0, 0.05) is 0 Å². The Morgan fingerprint density at radius 3 is 2.36 bits per heavy atom. The summed E-state index contributed by atoms with van der Waals surface area (Å²) in [5.41, 5.74) is 9.82. The zero-order valence-electron chi connectivity index (χ0n) is 13.9. The number of nitrogens with two attached hydrogens (primary N) is 1. The largest absolute Gasteiger partial charge is 0.494 e. The molecule has 0 spiro atoms. The second-order valence-electron chi connectivity index (χ2n) is 6.21. The molecule has 0 bridgehead atoms. The first-order valence-corrected chi connectivity index (χ1v) is 8.09. The van der Waals surface area contributed by atoms with E-state index >= 15 is 0 Å². The Morgan fingerprint density at radius 1 is 1.00 bits per heavy atom. The minimum absolute atomic E-state index is 0.355. The van der Waals surface area contributed by atoms with Gasteiger partial charge in [0.05, 0.1) is 6.61 Å². The van der Waals surface area contributed by atoms with Gasteiger partial charge in [-0.05, 0) is 55.0 Å². The molecule has 1 atom stereocenters. The van der Waals surface area contributed by atoms with Crippen molar-refractivity contribution in [2.45, 2.75) is 39.0 Å². The summed E-state index contributed by atoms with van der Waals surface area (Å²) in [6, 6.07) is 17.0. The summed E-state index contributed by atoms with van der Waals surface area (Å²) >= 11 is 0. The van der Waals surface area contributed by atoms with Crippen molar-refractivity contribution in [3.63, 3.8) is 0 Å². The maximum atomic E-state index is 5.93. The highest BCUT2D eigenvalue weighted by molar-refractivity contribution is 5.30. The number of aryl methyl sites for hydroxylation is 1. The number of ether oxygens (including phenoxy) is 1. The van der Waals surface area contributed by atoms with Crippen molar-refractivity contribution in [3.05, 3.63) is 65.2 Å². The zero-order chi connectivity index (χ0) is 15.9. The first-order valence-electron chi connectivity index (χ1n) is 8.09. The summed E-state index contributed by atoms with van der Waals surface area (Å²) in [4.78, 5) is 0. The molecule has 1 unspecified atom stereocenters. The summed E-state index contributed by atoms with van der Waals surface area (Å²) in [6.07, 6.45) is 0.936. The van der Waals surface area contributed by atoms with Gasteiger partial charge in [-0.3, -0.25) is 0 Å². The summed E-state index contributed by atoms with van der Waals surface area (Å²) in [5, 5.41) is 0. The molecule has 2 heteroatoms. The molecule has 2 aromatic carbocycles. The molecule has 2 aromatic rings. The minimum Gasteiger partial charge on any atom is -0.494 e. The average Bonchev–Trinajstić information content (AvgIpc) is 2.53. The highest BCUT2D eigenvalue weighted by Crippen LogP contribution is 2.22. The number of hydrogen-bond donors (Lipinski definition) is 1. The van der Waals surface area contributed by atoms with Crippen LogP contribution in [-0.4, -0.2) is 13.2 Å². The molecular formula is C20H27NO. The quantitative estimate of drug-likeness (QED) is 0.808. The third kappa shape index (κ3) is 4.60. The predicted molar refractivity (Wildman–Crippen MR) is 93.6 cm³/mol. The van der Waals surface area contributed by atoms with E-state index in [1.165, 1.54) is 16.7 Å². The van der Waals surface area contributed by atoms with Crippen LogP contribution in [-0.2, 0) is 0 Å². The second kappa shape index (κ2) is 8.00. The molecule has 0 fully saturated rings. The standard InChI is InChI=1S/C20H27NO/c1-15(2)18-5-4-6-20(13-18)22-12-11-19(14-21)17-9-7-16(3)8-10-17/h4-10,13,15,19H,11-12,14,21H2,1-3H3. The Morgan fingerprint density at radius 2 is 1.73 bits per heavy atom. The monoisotopic (exact) mass is 297 g/mol. The number of rotatable bonds is 7.